The highest BCUT2D eigenvalue weighted by Gasteiger charge is 2.13. The summed E-state index contributed by atoms with van der Waals surface area (Å²) in [7, 11) is 0. The smallest absolute Gasteiger partial charge is 0.214 e. The molecule has 0 aliphatic rings. The minimum absolute atomic E-state index is 0.294. The molecule has 0 N–H and O–H groups in total. The summed E-state index contributed by atoms with van der Waals surface area (Å²) >= 11 is 0. The van der Waals surface area contributed by atoms with Crippen LogP contribution < -0.4 is 4.74 Å². The second kappa shape index (κ2) is 3.32. The molecular formula is C10H14FNO. The van der Waals surface area contributed by atoms with Gasteiger partial charge in [-0.1, -0.05) is 0 Å². The lowest BCUT2D eigenvalue weighted by Gasteiger charge is -2.20. The Labute approximate surface area is 77.8 Å². The molecule has 0 aromatic carbocycles. The van der Waals surface area contributed by atoms with Gasteiger partial charge in [0.1, 0.15) is 11.4 Å². The van der Waals surface area contributed by atoms with Crippen LogP contribution >= 0.6 is 0 Å². The van der Waals surface area contributed by atoms with Gasteiger partial charge in [-0.05, 0) is 33.3 Å². The molecule has 0 bridgehead atoms. The van der Waals surface area contributed by atoms with E-state index in [1.54, 1.807) is 13.0 Å². The zero-order valence-electron chi connectivity index (χ0n) is 8.39. The van der Waals surface area contributed by atoms with Gasteiger partial charge in [-0.2, -0.15) is 0 Å². The van der Waals surface area contributed by atoms with Crippen molar-refractivity contribution in [1.82, 2.24) is 4.98 Å². The van der Waals surface area contributed by atoms with E-state index < -0.39 is 0 Å². The second-order valence-electron chi connectivity index (χ2n) is 3.99. The van der Waals surface area contributed by atoms with E-state index in [0.29, 0.717) is 11.4 Å². The fraction of sp³-hybridized carbons (Fsp3) is 0.500. The Kier molecular flexibility index (Phi) is 2.55. The highest BCUT2D eigenvalue weighted by Crippen LogP contribution is 2.17. The number of aryl methyl sites for hydroxylation is 1. The summed E-state index contributed by atoms with van der Waals surface area (Å²) < 4.78 is 18.3. The van der Waals surface area contributed by atoms with Crippen molar-refractivity contribution in [2.75, 3.05) is 0 Å². The zero-order chi connectivity index (χ0) is 10.1. The SMILES string of the molecule is Cc1cc(OC(C)(C)C)ncc1F. The molecule has 1 heterocycles. The average Bonchev–Trinajstić information content (AvgIpc) is 1.94. The molecule has 0 saturated carbocycles. The Bertz CT molecular complexity index is 304. The van der Waals surface area contributed by atoms with E-state index in [9.17, 15) is 4.39 Å². The van der Waals surface area contributed by atoms with Crippen molar-refractivity contribution in [2.45, 2.75) is 33.3 Å². The number of hydrogen-bond acceptors (Lipinski definition) is 2. The number of nitrogens with zero attached hydrogens (tertiary/aromatic N) is 1. The molecule has 0 aliphatic heterocycles. The summed E-state index contributed by atoms with van der Waals surface area (Å²) in [5.74, 6) is 0.160. The minimum atomic E-state index is -0.304. The lowest BCUT2D eigenvalue weighted by atomic mass is 10.2. The van der Waals surface area contributed by atoms with Crippen molar-refractivity contribution >= 4 is 0 Å². The van der Waals surface area contributed by atoms with Gasteiger partial charge in [0.05, 0.1) is 6.20 Å². The standard InChI is InChI=1S/C10H14FNO/c1-7-5-9(12-6-8(7)11)13-10(2,3)4/h5-6H,1-4H3. The van der Waals surface area contributed by atoms with E-state index >= 15 is 0 Å². The average molecular weight is 183 g/mol. The van der Waals surface area contributed by atoms with Crippen molar-refractivity contribution in [3.63, 3.8) is 0 Å². The maximum atomic E-state index is 12.8. The third-order valence-corrected chi connectivity index (χ3v) is 1.43. The van der Waals surface area contributed by atoms with Crippen LogP contribution in [0.2, 0.25) is 0 Å². The molecule has 0 spiro atoms. The summed E-state index contributed by atoms with van der Waals surface area (Å²) in [6.45, 7) is 7.46. The van der Waals surface area contributed by atoms with Crippen LogP contribution in [-0.4, -0.2) is 10.6 Å². The molecule has 0 saturated heterocycles. The van der Waals surface area contributed by atoms with E-state index in [1.165, 1.54) is 6.20 Å². The minimum Gasteiger partial charge on any atom is -0.472 e. The fourth-order valence-corrected chi connectivity index (χ4v) is 0.883. The van der Waals surface area contributed by atoms with E-state index in [0.717, 1.165) is 0 Å². The maximum absolute atomic E-state index is 12.8. The topological polar surface area (TPSA) is 22.1 Å². The van der Waals surface area contributed by atoms with E-state index in [2.05, 4.69) is 4.98 Å². The number of rotatable bonds is 1. The first-order chi connectivity index (χ1) is 5.88. The van der Waals surface area contributed by atoms with Crippen LogP contribution in [0, 0.1) is 12.7 Å². The summed E-state index contributed by atoms with van der Waals surface area (Å²) in [4.78, 5) is 3.83. The Morgan fingerprint density at radius 2 is 2.00 bits per heavy atom. The number of pyridine rings is 1. The van der Waals surface area contributed by atoms with Gasteiger partial charge >= 0.3 is 0 Å². The van der Waals surface area contributed by atoms with E-state index in [-0.39, 0.29) is 11.4 Å². The molecule has 0 unspecified atom stereocenters. The first-order valence-electron chi connectivity index (χ1n) is 4.20. The van der Waals surface area contributed by atoms with Crippen molar-refractivity contribution in [3.05, 3.63) is 23.6 Å². The molecule has 72 valence electrons. The molecule has 1 aromatic heterocycles. The van der Waals surface area contributed by atoms with Gasteiger partial charge < -0.3 is 4.74 Å². The van der Waals surface area contributed by atoms with Crippen LogP contribution in [0.1, 0.15) is 26.3 Å². The number of hydrogen-bond donors (Lipinski definition) is 0. The van der Waals surface area contributed by atoms with Crippen molar-refractivity contribution in [1.29, 1.82) is 0 Å². The highest BCUT2D eigenvalue weighted by atomic mass is 19.1. The Morgan fingerprint density at radius 3 is 2.46 bits per heavy atom. The van der Waals surface area contributed by atoms with Crippen LogP contribution in [0.15, 0.2) is 12.3 Å². The van der Waals surface area contributed by atoms with Crippen molar-refractivity contribution < 1.29 is 9.13 Å². The maximum Gasteiger partial charge on any atom is 0.214 e. The molecule has 0 aliphatic carbocycles. The van der Waals surface area contributed by atoms with Crippen LogP contribution in [0.3, 0.4) is 0 Å². The van der Waals surface area contributed by atoms with Crippen LogP contribution in [-0.2, 0) is 0 Å². The quantitative estimate of drug-likeness (QED) is 0.667. The third kappa shape index (κ3) is 3.01. The van der Waals surface area contributed by atoms with Crippen LogP contribution in [0.4, 0.5) is 4.39 Å². The summed E-state index contributed by atoms with van der Waals surface area (Å²) in [6, 6.07) is 1.60. The van der Waals surface area contributed by atoms with Gasteiger partial charge in [0.15, 0.2) is 0 Å². The normalized spacial score (nSPS) is 11.5. The monoisotopic (exact) mass is 183 g/mol. The van der Waals surface area contributed by atoms with E-state index in [4.69, 9.17) is 4.74 Å². The van der Waals surface area contributed by atoms with Crippen molar-refractivity contribution in [2.24, 2.45) is 0 Å². The number of ether oxygens (including phenoxy) is 1. The molecule has 1 aromatic rings. The number of aromatic nitrogens is 1. The molecule has 0 fully saturated rings. The summed E-state index contributed by atoms with van der Waals surface area (Å²) in [5, 5.41) is 0. The van der Waals surface area contributed by atoms with Gasteiger partial charge in [0.2, 0.25) is 5.88 Å². The van der Waals surface area contributed by atoms with Gasteiger partial charge in [0, 0.05) is 6.07 Å². The molecule has 0 atom stereocenters. The largest absolute Gasteiger partial charge is 0.472 e. The predicted octanol–water partition coefficient (Wildman–Crippen LogP) is 2.71. The van der Waals surface area contributed by atoms with Crippen LogP contribution in [0.25, 0.3) is 0 Å². The molecule has 0 radical (unpaired) electrons. The van der Waals surface area contributed by atoms with Crippen LogP contribution in [0.5, 0.6) is 5.88 Å². The van der Waals surface area contributed by atoms with Gasteiger partial charge in [-0.15, -0.1) is 0 Å². The molecule has 13 heavy (non-hydrogen) atoms. The highest BCUT2D eigenvalue weighted by molar-refractivity contribution is 5.20. The molecule has 1 rings (SSSR count). The Hall–Kier alpha value is -1.12. The first-order valence-corrected chi connectivity index (χ1v) is 4.20. The third-order valence-electron chi connectivity index (χ3n) is 1.43. The number of halogens is 1. The molecule has 2 nitrogen and oxygen atoms in total. The molecule has 3 heteroatoms. The second-order valence-corrected chi connectivity index (χ2v) is 3.99. The lowest BCUT2D eigenvalue weighted by molar-refractivity contribution is 0.124. The lowest BCUT2D eigenvalue weighted by Crippen LogP contribution is -2.23. The first kappa shape index (κ1) is 9.96. The van der Waals surface area contributed by atoms with E-state index in [1.807, 2.05) is 20.8 Å². The van der Waals surface area contributed by atoms with Gasteiger partial charge in [-0.25, -0.2) is 9.37 Å². The van der Waals surface area contributed by atoms with Gasteiger partial charge in [-0.3, -0.25) is 0 Å². The fourth-order valence-electron chi connectivity index (χ4n) is 0.883. The Morgan fingerprint density at radius 1 is 1.38 bits per heavy atom. The Balaban J connectivity index is 2.86. The summed E-state index contributed by atoms with van der Waals surface area (Å²) in [5.41, 5.74) is 0.256. The summed E-state index contributed by atoms with van der Waals surface area (Å²) in [6.07, 6.45) is 1.18. The predicted molar refractivity (Wildman–Crippen MR) is 49.3 cm³/mol. The molecule has 0 amide bonds. The zero-order valence-corrected chi connectivity index (χ0v) is 8.39. The molecular weight excluding hydrogens is 169 g/mol. The van der Waals surface area contributed by atoms with Gasteiger partial charge in [0.25, 0.3) is 0 Å². The van der Waals surface area contributed by atoms with Crippen molar-refractivity contribution in [3.8, 4) is 5.88 Å².